The monoisotopic (exact) mass is 336 g/mol. The van der Waals surface area contributed by atoms with E-state index < -0.39 is 0 Å². The van der Waals surface area contributed by atoms with Gasteiger partial charge in [0.2, 0.25) is 0 Å². The SMILES string of the molecule is CN(c1ccc(CNC2CC2)cc1Br)C1CCCCC1. The number of hydrogen-bond donors (Lipinski definition) is 1. The van der Waals surface area contributed by atoms with Gasteiger partial charge in [-0.15, -0.1) is 0 Å². The summed E-state index contributed by atoms with van der Waals surface area (Å²) in [5.74, 6) is 0. The second kappa shape index (κ2) is 6.48. The zero-order chi connectivity index (χ0) is 13.9. The number of halogens is 1. The Morgan fingerprint density at radius 1 is 1.15 bits per heavy atom. The van der Waals surface area contributed by atoms with Crippen molar-refractivity contribution in [3.63, 3.8) is 0 Å². The van der Waals surface area contributed by atoms with Crippen molar-refractivity contribution < 1.29 is 0 Å². The van der Waals surface area contributed by atoms with Gasteiger partial charge in [0.15, 0.2) is 0 Å². The third kappa shape index (κ3) is 3.56. The van der Waals surface area contributed by atoms with Gasteiger partial charge in [0.05, 0.1) is 5.69 Å². The van der Waals surface area contributed by atoms with Gasteiger partial charge >= 0.3 is 0 Å². The summed E-state index contributed by atoms with van der Waals surface area (Å²) < 4.78 is 1.24. The van der Waals surface area contributed by atoms with Crippen LogP contribution in [0.3, 0.4) is 0 Å². The van der Waals surface area contributed by atoms with Gasteiger partial charge in [-0.2, -0.15) is 0 Å². The van der Waals surface area contributed by atoms with Crippen LogP contribution in [-0.2, 0) is 6.54 Å². The van der Waals surface area contributed by atoms with E-state index >= 15 is 0 Å². The fourth-order valence-electron chi connectivity index (χ4n) is 3.16. The fraction of sp³-hybridized carbons (Fsp3) is 0.647. The lowest BCUT2D eigenvalue weighted by Gasteiger charge is -2.33. The van der Waals surface area contributed by atoms with Gasteiger partial charge in [-0.05, 0) is 59.3 Å². The van der Waals surface area contributed by atoms with Crippen molar-refractivity contribution >= 4 is 21.6 Å². The highest BCUT2D eigenvalue weighted by Crippen LogP contribution is 2.32. The molecule has 0 aliphatic heterocycles. The van der Waals surface area contributed by atoms with Gasteiger partial charge in [0.25, 0.3) is 0 Å². The van der Waals surface area contributed by atoms with Crippen LogP contribution < -0.4 is 10.2 Å². The van der Waals surface area contributed by atoms with E-state index in [-0.39, 0.29) is 0 Å². The Morgan fingerprint density at radius 2 is 1.90 bits per heavy atom. The maximum Gasteiger partial charge on any atom is 0.0510 e. The summed E-state index contributed by atoms with van der Waals surface area (Å²) in [5, 5.41) is 3.58. The Morgan fingerprint density at radius 3 is 2.55 bits per heavy atom. The van der Waals surface area contributed by atoms with E-state index in [1.807, 2.05) is 0 Å². The molecular weight excluding hydrogens is 312 g/mol. The normalized spacial score (nSPS) is 20.1. The molecule has 2 fully saturated rings. The number of nitrogens with one attached hydrogen (secondary N) is 1. The summed E-state index contributed by atoms with van der Waals surface area (Å²) in [6.45, 7) is 0.997. The predicted octanol–water partition coefficient (Wildman–Crippen LogP) is 4.47. The molecule has 0 heterocycles. The Hall–Kier alpha value is -0.540. The lowest BCUT2D eigenvalue weighted by molar-refractivity contribution is 0.427. The van der Waals surface area contributed by atoms with Crippen molar-refractivity contribution in [3.8, 4) is 0 Å². The first-order chi connectivity index (χ1) is 9.74. The first-order valence-electron chi connectivity index (χ1n) is 7.98. The van der Waals surface area contributed by atoms with Crippen LogP contribution >= 0.6 is 15.9 Å². The molecular formula is C17H25BrN2. The predicted molar refractivity (Wildman–Crippen MR) is 89.3 cm³/mol. The quantitative estimate of drug-likeness (QED) is 0.853. The molecule has 0 bridgehead atoms. The van der Waals surface area contributed by atoms with Crippen molar-refractivity contribution in [2.24, 2.45) is 0 Å². The molecule has 0 saturated heterocycles. The average Bonchev–Trinajstić information content (AvgIpc) is 3.30. The third-order valence-corrected chi connectivity index (χ3v) is 5.32. The van der Waals surface area contributed by atoms with E-state index in [0.29, 0.717) is 0 Å². The molecule has 1 aromatic rings. The van der Waals surface area contributed by atoms with E-state index in [0.717, 1.165) is 18.6 Å². The molecule has 0 spiro atoms. The number of hydrogen-bond acceptors (Lipinski definition) is 2. The summed E-state index contributed by atoms with van der Waals surface area (Å²) in [6.07, 6.45) is 9.57. The summed E-state index contributed by atoms with van der Waals surface area (Å²) in [6, 6.07) is 8.33. The maximum absolute atomic E-state index is 3.77. The summed E-state index contributed by atoms with van der Waals surface area (Å²) in [5.41, 5.74) is 2.72. The van der Waals surface area contributed by atoms with Gasteiger partial charge in [-0.1, -0.05) is 25.3 Å². The van der Waals surface area contributed by atoms with Crippen LogP contribution in [-0.4, -0.2) is 19.1 Å². The van der Waals surface area contributed by atoms with Crippen LogP contribution in [0.15, 0.2) is 22.7 Å². The minimum absolute atomic E-state index is 0.718. The third-order valence-electron chi connectivity index (χ3n) is 4.69. The Bertz CT molecular complexity index is 450. The lowest BCUT2D eigenvalue weighted by atomic mass is 9.94. The minimum atomic E-state index is 0.718. The lowest BCUT2D eigenvalue weighted by Crippen LogP contribution is -2.33. The largest absolute Gasteiger partial charge is 0.371 e. The Kier molecular flexibility index (Phi) is 4.67. The topological polar surface area (TPSA) is 15.3 Å². The van der Waals surface area contributed by atoms with Crippen LogP contribution in [0.5, 0.6) is 0 Å². The Balaban J connectivity index is 1.65. The second-order valence-corrected chi connectivity index (χ2v) is 7.20. The van der Waals surface area contributed by atoms with Gasteiger partial charge < -0.3 is 10.2 Å². The average molecular weight is 337 g/mol. The van der Waals surface area contributed by atoms with Gasteiger partial charge in [-0.25, -0.2) is 0 Å². The van der Waals surface area contributed by atoms with Crippen molar-refractivity contribution in [3.05, 3.63) is 28.2 Å². The molecule has 1 aromatic carbocycles. The molecule has 0 radical (unpaired) electrons. The van der Waals surface area contributed by atoms with E-state index in [1.165, 1.54) is 60.7 Å². The van der Waals surface area contributed by atoms with E-state index in [9.17, 15) is 0 Å². The van der Waals surface area contributed by atoms with Crippen LogP contribution in [0.4, 0.5) is 5.69 Å². The molecule has 1 N–H and O–H groups in total. The number of benzene rings is 1. The summed E-state index contributed by atoms with van der Waals surface area (Å²) in [7, 11) is 2.25. The van der Waals surface area contributed by atoms with Gasteiger partial charge in [0, 0.05) is 30.1 Å². The molecule has 3 rings (SSSR count). The first-order valence-corrected chi connectivity index (χ1v) is 8.78. The first kappa shape index (κ1) is 14.4. The molecule has 3 heteroatoms. The fourth-order valence-corrected chi connectivity index (χ4v) is 3.87. The van der Waals surface area contributed by atoms with Gasteiger partial charge in [0.1, 0.15) is 0 Å². The molecule has 20 heavy (non-hydrogen) atoms. The molecule has 2 aliphatic rings. The standard InChI is InChI=1S/C17H25BrN2/c1-20(15-5-3-2-4-6-15)17-10-7-13(11-16(17)18)12-19-14-8-9-14/h7,10-11,14-15,19H,2-6,8-9,12H2,1H3. The van der Waals surface area contributed by atoms with E-state index in [1.54, 1.807) is 0 Å². The molecule has 0 atom stereocenters. The molecule has 0 aromatic heterocycles. The molecule has 110 valence electrons. The van der Waals surface area contributed by atoms with E-state index in [2.05, 4.69) is 51.4 Å². The van der Waals surface area contributed by atoms with Gasteiger partial charge in [-0.3, -0.25) is 0 Å². The molecule has 2 saturated carbocycles. The highest BCUT2D eigenvalue weighted by atomic mass is 79.9. The van der Waals surface area contributed by atoms with Crippen LogP contribution in [0.25, 0.3) is 0 Å². The van der Waals surface area contributed by atoms with Crippen molar-refractivity contribution in [1.82, 2.24) is 5.32 Å². The number of rotatable bonds is 5. The highest BCUT2D eigenvalue weighted by Gasteiger charge is 2.21. The molecule has 0 amide bonds. The zero-order valence-corrected chi connectivity index (χ0v) is 14.0. The molecule has 2 aliphatic carbocycles. The highest BCUT2D eigenvalue weighted by molar-refractivity contribution is 9.10. The van der Waals surface area contributed by atoms with Crippen molar-refractivity contribution in [2.75, 3.05) is 11.9 Å². The van der Waals surface area contributed by atoms with Crippen LogP contribution in [0.1, 0.15) is 50.5 Å². The molecule has 2 nitrogen and oxygen atoms in total. The zero-order valence-electron chi connectivity index (χ0n) is 12.4. The van der Waals surface area contributed by atoms with Crippen molar-refractivity contribution in [2.45, 2.75) is 63.6 Å². The number of nitrogens with zero attached hydrogens (tertiary/aromatic N) is 1. The summed E-state index contributed by atoms with van der Waals surface area (Å²) >= 11 is 3.77. The smallest absolute Gasteiger partial charge is 0.0510 e. The second-order valence-electron chi connectivity index (χ2n) is 6.34. The van der Waals surface area contributed by atoms with Crippen LogP contribution in [0, 0.1) is 0 Å². The maximum atomic E-state index is 3.77. The van der Waals surface area contributed by atoms with Crippen LogP contribution in [0.2, 0.25) is 0 Å². The number of anilines is 1. The van der Waals surface area contributed by atoms with E-state index in [4.69, 9.17) is 0 Å². The minimum Gasteiger partial charge on any atom is -0.371 e. The summed E-state index contributed by atoms with van der Waals surface area (Å²) in [4.78, 5) is 2.47. The Labute approximate surface area is 131 Å². The van der Waals surface area contributed by atoms with Crippen molar-refractivity contribution in [1.29, 1.82) is 0 Å². The molecule has 0 unspecified atom stereocenters.